The van der Waals surface area contributed by atoms with Gasteiger partial charge in [-0.3, -0.25) is 13.9 Å². The Morgan fingerprint density at radius 2 is 1.31 bits per heavy atom. The van der Waals surface area contributed by atoms with Gasteiger partial charge in [-0.25, -0.2) is 0 Å². The van der Waals surface area contributed by atoms with Gasteiger partial charge in [0.15, 0.2) is 0 Å². The molecular formula is C17H25F3O7P2. The van der Waals surface area contributed by atoms with Crippen molar-refractivity contribution in [2.45, 2.75) is 40.3 Å². The maximum Gasteiger partial charge on any atom is 0.450 e. The van der Waals surface area contributed by atoms with Gasteiger partial charge in [0, 0.05) is 6.42 Å². The lowest BCUT2D eigenvalue weighted by Crippen LogP contribution is -2.34. The number of Topliss-reactive ketones (excluding diaryl/α,β-unsaturated/α-hetero) is 1. The summed E-state index contributed by atoms with van der Waals surface area (Å²) in [6.07, 6.45) is -6.23. The summed E-state index contributed by atoms with van der Waals surface area (Å²) in [7, 11) is -8.34. The number of rotatable bonds is 12. The second kappa shape index (κ2) is 10.8. The SMILES string of the molecule is CCOP(=O)(OCC)c1cccc(CC(=O)C(F)(F)F)c1P(=O)(OCC)OCC. The van der Waals surface area contributed by atoms with Crippen LogP contribution in [0.5, 0.6) is 0 Å². The maximum atomic E-state index is 13.5. The third-order valence-electron chi connectivity index (χ3n) is 3.53. The molecule has 0 unspecified atom stereocenters. The van der Waals surface area contributed by atoms with Gasteiger partial charge in [0.1, 0.15) is 0 Å². The molecular weight excluding hydrogens is 435 g/mol. The van der Waals surface area contributed by atoms with Gasteiger partial charge in [0.2, 0.25) is 5.78 Å². The fourth-order valence-electron chi connectivity index (χ4n) is 2.55. The van der Waals surface area contributed by atoms with Crippen LogP contribution in [0.25, 0.3) is 0 Å². The molecule has 0 spiro atoms. The second-order valence-electron chi connectivity index (χ2n) is 5.55. The molecule has 0 fully saturated rings. The zero-order valence-corrected chi connectivity index (χ0v) is 18.4. The fraction of sp³-hybridized carbons (Fsp3) is 0.588. The molecule has 7 nitrogen and oxygen atoms in total. The van der Waals surface area contributed by atoms with Crippen LogP contribution in [0.1, 0.15) is 33.3 Å². The van der Waals surface area contributed by atoms with E-state index in [2.05, 4.69) is 0 Å². The highest BCUT2D eigenvalue weighted by molar-refractivity contribution is 7.69. The first kappa shape index (κ1) is 26.0. The van der Waals surface area contributed by atoms with Crippen molar-refractivity contribution < 1.29 is 45.2 Å². The first-order valence-electron chi connectivity index (χ1n) is 9.00. The molecule has 0 aliphatic carbocycles. The summed E-state index contributed by atoms with van der Waals surface area (Å²) in [5, 5.41) is -0.648. The Labute approximate surface area is 167 Å². The molecule has 12 heteroatoms. The van der Waals surface area contributed by atoms with Crippen molar-refractivity contribution in [3.05, 3.63) is 23.8 Å². The first-order valence-corrected chi connectivity index (χ1v) is 12.1. The Morgan fingerprint density at radius 3 is 1.72 bits per heavy atom. The highest BCUT2D eigenvalue weighted by Gasteiger charge is 2.43. The molecule has 0 aliphatic rings. The summed E-state index contributed by atoms with van der Waals surface area (Å²) in [6, 6.07) is 3.72. The molecule has 29 heavy (non-hydrogen) atoms. The van der Waals surface area contributed by atoms with Crippen molar-refractivity contribution in [2.75, 3.05) is 26.4 Å². The average Bonchev–Trinajstić information content (AvgIpc) is 2.61. The molecule has 0 saturated heterocycles. The van der Waals surface area contributed by atoms with Crippen LogP contribution in [-0.4, -0.2) is 38.4 Å². The number of ketones is 1. The molecule has 0 atom stereocenters. The van der Waals surface area contributed by atoms with Gasteiger partial charge in [-0.1, -0.05) is 12.1 Å². The van der Waals surface area contributed by atoms with E-state index in [1.807, 2.05) is 0 Å². The number of hydrogen-bond acceptors (Lipinski definition) is 7. The summed E-state index contributed by atoms with van der Waals surface area (Å²) in [5.74, 6) is -2.06. The molecule has 166 valence electrons. The highest BCUT2D eigenvalue weighted by Crippen LogP contribution is 2.53. The zero-order chi connectivity index (χ0) is 22.3. The van der Waals surface area contributed by atoms with E-state index < -0.39 is 38.9 Å². The van der Waals surface area contributed by atoms with Crippen molar-refractivity contribution in [1.29, 1.82) is 0 Å². The van der Waals surface area contributed by atoms with Crippen LogP contribution >= 0.6 is 15.2 Å². The van der Waals surface area contributed by atoms with Crippen LogP contribution < -0.4 is 10.6 Å². The van der Waals surface area contributed by atoms with Crippen molar-refractivity contribution in [3.63, 3.8) is 0 Å². The minimum atomic E-state index is -5.10. The van der Waals surface area contributed by atoms with Crippen molar-refractivity contribution in [1.82, 2.24) is 0 Å². The van der Waals surface area contributed by atoms with Crippen LogP contribution in [0.4, 0.5) is 13.2 Å². The molecule has 0 N–H and O–H groups in total. The van der Waals surface area contributed by atoms with Crippen LogP contribution in [-0.2, 0) is 38.4 Å². The van der Waals surface area contributed by atoms with E-state index in [1.54, 1.807) is 13.8 Å². The number of alkyl halides is 3. The van der Waals surface area contributed by atoms with Gasteiger partial charge in [-0.2, -0.15) is 13.2 Å². The third-order valence-corrected chi connectivity index (χ3v) is 8.14. The monoisotopic (exact) mass is 460 g/mol. The van der Waals surface area contributed by atoms with Gasteiger partial charge < -0.3 is 18.1 Å². The van der Waals surface area contributed by atoms with E-state index >= 15 is 0 Å². The van der Waals surface area contributed by atoms with Crippen LogP contribution in [0.3, 0.4) is 0 Å². The number of halogens is 3. The van der Waals surface area contributed by atoms with Crippen molar-refractivity contribution in [3.8, 4) is 0 Å². The number of hydrogen-bond donors (Lipinski definition) is 0. The Kier molecular flexibility index (Phi) is 9.73. The molecule has 1 rings (SSSR count). The van der Waals surface area contributed by atoms with Gasteiger partial charge >= 0.3 is 21.4 Å². The summed E-state index contributed by atoms with van der Waals surface area (Å²) in [6.45, 7) is 5.82. The molecule has 0 heterocycles. The quantitative estimate of drug-likeness (QED) is 0.433. The van der Waals surface area contributed by atoms with E-state index in [9.17, 15) is 27.1 Å². The molecule has 1 aromatic rings. The lowest BCUT2D eigenvalue weighted by molar-refractivity contribution is -0.170. The predicted molar refractivity (Wildman–Crippen MR) is 102 cm³/mol. The minimum absolute atomic E-state index is 0.0456. The predicted octanol–water partition coefficient (Wildman–Crippen LogP) is 4.14. The van der Waals surface area contributed by atoms with Gasteiger partial charge in [0.05, 0.1) is 37.0 Å². The Hall–Kier alpha value is -1.02. The van der Waals surface area contributed by atoms with Gasteiger partial charge in [-0.05, 0) is 39.3 Å². The van der Waals surface area contributed by atoms with E-state index in [4.69, 9.17) is 18.1 Å². The smallest absolute Gasteiger partial charge is 0.305 e. The molecule has 0 amide bonds. The molecule has 0 aromatic heterocycles. The third kappa shape index (κ3) is 6.48. The van der Waals surface area contributed by atoms with Crippen molar-refractivity contribution in [2.24, 2.45) is 0 Å². The van der Waals surface area contributed by atoms with Crippen LogP contribution in [0.2, 0.25) is 0 Å². The van der Waals surface area contributed by atoms with E-state index in [-0.39, 0.29) is 37.3 Å². The van der Waals surface area contributed by atoms with Gasteiger partial charge in [-0.15, -0.1) is 0 Å². The zero-order valence-electron chi connectivity index (χ0n) is 16.7. The molecule has 0 aliphatic heterocycles. The molecule has 1 aromatic carbocycles. The van der Waals surface area contributed by atoms with Crippen molar-refractivity contribution >= 4 is 31.6 Å². The minimum Gasteiger partial charge on any atom is -0.305 e. The largest absolute Gasteiger partial charge is 0.450 e. The number of carbonyl (C=O) groups is 1. The Morgan fingerprint density at radius 1 is 0.862 bits per heavy atom. The highest BCUT2D eigenvalue weighted by atomic mass is 31.2. The second-order valence-corrected chi connectivity index (χ2v) is 9.50. The summed E-state index contributed by atoms with van der Waals surface area (Å²) >= 11 is 0. The van der Waals surface area contributed by atoms with E-state index in [0.717, 1.165) is 0 Å². The molecule has 0 bridgehead atoms. The Bertz CT molecular complexity index is 776. The maximum absolute atomic E-state index is 13.5. The number of carbonyl (C=O) groups excluding carboxylic acids is 1. The number of benzene rings is 1. The lowest BCUT2D eigenvalue weighted by Gasteiger charge is -2.26. The lowest BCUT2D eigenvalue weighted by atomic mass is 10.1. The molecule has 0 radical (unpaired) electrons. The normalized spacial score (nSPS) is 12.9. The molecule has 0 saturated carbocycles. The van der Waals surface area contributed by atoms with Crippen LogP contribution in [0, 0.1) is 0 Å². The Balaban J connectivity index is 3.81. The first-order chi connectivity index (χ1) is 13.5. The summed E-state index contributed by atoms with van der Waals surface area (Å²) in [5.41, 5.74) is -0.283. The van der Waals surface area contributed by atoms with E-state index in [1.165, 1.54) is 32.0 Å². The summed E-state index contributed by atoms with van der Waals surface area (Å²) in [4.78, 5) is 11.6. The standard InChI is InChI=1S/C17H25F3O7P2/c1-5-24-28(22,25-6-2)14-11-9-10-13(12-15(21)17(18,19)20)16(14)29(23,26-7-3)27-8-4/h9-11H,5-8,12H2,1-4H3. The fourth-order valence-corrected chi connectivity index (χ4v) is 6.87. The van der Waals surface area contributed by atoms with E-state index in [0.29, 0.717) is 0 Å². The van der Waals surface area contributed by atoms with Crippen LogP contribution in [0.15, 0.2) is 18.2 Å². The average molecular weight is 460 g/mol. The van der Waals surface area contributed by atoms with Gasteiger partial charge in [0.25, 0.3) is 0 Å². The topological polar surface area (TPSA) is 88.1 Å². The summed E-state index contributed by atoms with van der Waals surface area (Å²) < 4.78 is 86.4.